The van der Waals surface area contributed by atoms with Crippen molar-refractivity contribution in [2.45, 2.75) is 30.7 Å². The first kappa shape index (κ1) is 13.6. The highest BCUT2D eigenvalue weighted by Crippen LogP contribution is 2.29. The van der Waals surface area contributed by atoms with Crippen LogP contribution in [0.4, 0.5) is 13.2 Å². The second kappa shape index (κ2) is 5.77. The van der Waals surface area contributed by atoms with Crippen molar-refractivity contribution in [2.75, 3.05) is 19.6 Å². The third-order valence-electron chi connectivity index (χ3n) is 2.67. The third kappa shape index (κ3) is 4.61. The van der Waals surface area contributed by atoms with Crippen LogP contribution in [-0.2, 0) is 0 Å². The molecule has 4 N–H and O–H groups in total. The first-order chi connectivity index (χ1) is 7.39. The van der Waals surface area contributed by atoms with E-state index in [2.05, 4.69) is 0 Å². The molecular formula is C9H17F3N3S+. The average Bonchev–Trinajstić information content (AvgIpc) is 2.16. The number of piperidine rings is 1. The molecule has 0 bridgehead atoms. The summed E-state index contributed by atoms with van der Waals surface area (Å²) in [6.07, 6.45) is -1.18. The van der Waals surface area contributed by atoms with Crippen LogP contribution in [0.15, 0.2) is 0 Å². The first-order valence-electron chi connectivity index (χ1n) is 5.30. The lowest BCUT2D eigenvalue weighted by molar-refractivity contribution is -0.905. The monoisotopic (exact) mass is 256 g/mol. The number of alkyl halides is 3. The molecule has 0 aromatic heterocycles. The van der Waals surface area contributed by atoms with Gasteiger partial charge in [0, 0.05) is 0 Å². The molecule has 0 aliphatic carbocycles. The van der Waals surface area contributed by atoms with E-state index in [0.29, 0.717) is 11.8 Å². The van der Waals surface area contributed by atoms with Gasteiger partial charge in [-0.15, -0.1) is 0 Å². The van der Waals surface area contributed by atoms with Gasteiger partial charge in [0.1, 0.15) is 0 Å². The Bertz CT molecular complexity index is 239. The fourth-order valence-corrected chi connectivity index (χ4v) is 2.65. The van der Waals surface area contributed by atoms with Gasteiger partial charge in [-0.3, -0.25) is 5.41 Å². The molecule has 16 heavy (non-hydrogen) atoms. The molecule has 0 amide bonds. The SMILES string of the molecule is N=C(N)S[C@H](C[NH+]1CCCCC1)C(F)(F)F. The topological polar surface area (TPSA) is 54.3 Å². The molecule has 1 atom stereocenters. The highest BCUT2D eigenvalue weighted by atomic mass is 32.2. The number of thioether (sulfide) groups is 1. The van der Waals surface area contributed by atoms with Gasteiger partial charge in [-0.2, -0.15) is 13.2 Å². The van der Waals surface area contributed by atoms with Crippen molar-refractivity contribution in [1.82, 2.24) is 0 Å². The fourth-order valence-electron chi connectivity index (χ4n) is 1.90. The maximum atomic E-state index is 12.6. The second-order valence-corrected chi connectivity index (χ2v) is 5.27. The first-order valence-corrected chi connectivity index (χ1v) is 6.18. The summed E-state index contributed by atoms with van der Waals surface area (Å²) in [5, 5.41) is 4.95. The number of halogens is 3. The van der Waals surface area contributed by atoms with E-state index >= 15 is 0 Å². The summed E-state index contributed by atoms with van der Waals surface area (Å²) in [5.74, 6) is 0. The van der Waals surface area contributed by atoms with Gasteiger partial charge in [0.2, 0.25) is 0 Å². The van der Waals surface area contributed by atoms with E-state index in [1.165, 1.54) is 0 Å². The minimum absolute atomic E-state index is 0.0216. The molecule has 1 aliphatic heterocycles. The lowest BCUT2D eigenvalue weighted by Crippen LogP contribution is -3.14. The number of quaternary nitrogens is 1. The zero-order valence-corrected chi connectivity index (χ0v) is 9.76. The Labute approximate surface area is 97.1 Å². The van der Waals surface area contributed by atoms with Gasteiger partial charge in [-0.05, 0) is 19.3 Å². The van der Waals surface area contributed by atoms with Crippen LogP contribution in [0.3, 0.4) is 0 Å². The summed E-state index contributed by atoms with van der Waals surface area (Å²) in [6, 6.07) is 0. The summed E-state index contributed by atoms with van der Waals surface area (Å²) in [7, 11) is 0. The zero-order chi connectivity index (χ0) is 12.2. The normalized spacial score (nSPS) is 20.7. The number of hydrogen-bond acceptors (Lipinski definition) is 2. The minimum atomic E-state index is -4.28. The van der Waals surface area contributed by atoms with E-state index in [-0.39, 0.29) is 6.54 Å². The van der Waals surface area contributed by atoms with Crippen LogP contribution in [0.2, 0.25) is 0 Å². The Balaban J connectivity index is 2.51. The van der Waals surface area contributed by atoms with E-state index in [9.17, 15) is 13.2 Å². The van der Waals surface area contributed by atoms with Crippen LogP contribution < -0.4 is 10.6 Å². The molecule has 0 unspecified atom stereocenters. The van der Waals surface area contributed by atoms with E-state index < -0.39 is 16.6 Å². The highest BCUT2D eigenvalue weighted by Gasteiger charge is 2.43. The van der Waals surface area contributed by atoms with Gasteiger partial charge in [-0.1, -0.05) is 11.8 Å². The summed E-state index contributed by atoms with van der Waals surface area (Å²) in [4.78, 5) is 0.974. The number of nitrogens with one attached hydrogen (secondary N) is 2. The van der Waals surface area contributed by atoms with Gasteiger partial charge < -0.3 is 10.6 Å². The molecular weight excluding hydrogens is 239 g/mol. The molecule has 3 nitrogen and oxygen atoms in total. The third-order valence-corrected chi connectivity index (χ3v) is 3.64. The quantitative estimate of drug-likeness (QED) is 0.512. The van der Waals surface area contributed by atoms with Crippen molar-refractivity contribution in [3.05, 3.63) is 0 Å². The van der Waals surface area contributed by atoms with Crippen LogP contribution in [0.25, 0.3) is 0 Å². The summed E-state index contributed by atoms with van der Waals surface area (Å²) < 4.78 is 37.9. The van der Waals surface area contributed by atoms with Crippen molar-refractivity contribution in [1.29, 1.82) is 5.41 Å². The lowest BCUT2D eigenvalue weighted by atomic mass is 10.1. The van der Waals surface area contributed by atoms with Gasteiger partial charge in [0.15, 0.2) is 10.4 Å². The summed E-state index contributed by atoms with van der Waals surface area (Å²) >= 11 is 0.415. The van der Waals surface area contributed by atoms with Crippen LogP contribution in [0, 0.1) is 5.41 Å². The maximum Gasteiger partial charge on any atom is 0.406 e. The van der Waals surface area contributed by atoms with Crippen molar-refractivity contribution < 1.29 is 18.1 Å². The molecule has 0 saturated carbocycles. The van der Waals surface area contributed by atoms with Crippen molar-refractivity contribution in [2.24, 2.45) is 5.73 Å². The van der Waals surface area contributed by atoms with Crippen molar-refractivity contribution in [3.63, 3.8) is 0 Å². The number of amidine groups is 1. The molecule has 0 aromatic rings. The van der Waals surface area contributed by atoms with Gasteiger partial charge in [0.05, 0.1) is 19.6 Å². The number of hydrogen-bond donors (Lipinski definition) is 3. The predicted molar refractivity (Wildman–Crippen MR) is 58.8 cm³/mol. The number of nitrogens with two attached hydrogens (primary N) is 1. The summed E-state index contributed by atoms with van der Waals surface area (Å²) in [5.41, 5.74) is 5.03. The molecule has 7 heteroatoms. The van der Waals surface area contributed by atoms with Crippen LogP contribution in [-0.4, -0.2) is 36.2 Å². The average molecular weight is 256 g/mol. The molecule has 1 heterocycles. The predicted octanol–water partition coefficient (Wildman–Crippen LogP) is 0.613. The Kier molecular flexibility index (Phi) is 4.91. The second-order valence-electron chi connectivity index (χ2n) is 4.03. The molecule has 1 rings (SSSR count). The number of rotatable bonds is 3. The van der Waals surface area contributed by atoms with E-state index in [4.69, 9.17) is 11.1 Å². The molecule has 0 spiro atoms. The summed E-state index contributed by atoms with van der Waals surface area (Å²) in [6.45, 7) is 1.61. The Morgan fingerprint density at radius 1 is 1.31 bits per heavy atom. The van der Waals surface area contributed by atoms with E-state index in [0.717, 1.165) is 37.3 Å². The standard InChI is InChI=1S/C9H16F3N3S/c10-9(11,12)7(16-8(13)14)6-15-4-2-1-3-5-15/h7H,1-6H2,(H3,13,14)/p+1/t7-/m1/s1. The van der Waals surface area contributed by atoms with Crippen LogP contribution in [0.5, 0.6) is 0 Å². The molecule has 0 radical (unpaired) electrons. The Morgan fingerprint density at radius 2 is 1.88 bits per heavy atom. The molecule has 0 aromatic carbocycles. The van der Waals surface area contributed by atoms with Gasteiger partial charge >= 0.3 is 6.18 Å². The smallest absolute Gasteiger partial charge is 0.379 e. The highest BCUT2D eigenvalue weighted by molar-refractivity contribution is 8.14. The van der Waals surface area contributed by atoms with Gasteiger partial charge in [-0.25, -0.2) is 0 Å². The van der Waals surface area contributed by atoms with Crippen LogP contribution >= 0.6 is 11.8 Å². The molecule has 1 saturated heterocycles. The maximum absolute atomic E-state index is 12.6. The van der Waals surface area contributed by atoms with Crippen molar-refractivity contribution in [3.8, 4) is 0 Å². The van der Waals surface area contributed by atoms with Gasteiger partial charge in [0.25, 0.3) is 0 Å². The van der Waals surface area contributed by atoms with E-state index in [1.807, 2.05) is 0 Å². The fraction of sp³-hybridized carbons (Fsp3) is 0.889. The van der Waals surface area contributed by atoms with Crippen molar-refractivity contribution >= 4 is 16.9 Å². The Hall–Kier alpha value is -0.430. The Morgan fingerprint density at radius 3 is 2.31 bits per heavy atom. The largest absolute Gasteiger partial charge is 0.406 e. The minimum Gasteiger partial charge on any atom is -0.379 e. The molecule has 1 fully saturated rings. The number of likely N-dealkylation sites (tertiary alicyclic amines) is 1. The molecule has 1 aliphatic rings. The zero-order valence-electron chi connectivity index (χ0n) is 8.94. The molecule has 94 valence electrons. The van der Waals surface area contributed by atoms with Crippen LogP contribution in [0.1, 0.15) is 19.3 Å². The lowest BCUT2D eigenvalue weighted by Gasteiger charge is -2.28. The van der Waals surface area contributed by atoms with E-state index in [1.54, 1.807) is 0 Å².